The van der Waals surface area contributed by atoms with Gasteiger partial charge in [0.1, 0.15) is 0 Å². The van der Waals surface area contributed by atoms with Crippen LogP contribution in [0.4, 0.5) is 0 Å². The average Bonchev–Trinajstić information content (AvgIpc) is 3.00. The van der Waals surface area contributed by atoms with Crippen molar-refractivity contribution in [2.45, 2.75) is 53.0 Å². The van der Waals surface area contributed by atoms with Gasteiger partial charge in [-0.15, -0.1) is 0 Å². The Morgan fingerprint density at radius 1 is 1.24 bits per heavy atom. The first kappa shape index (κ1) is 19.0. The lowest BCUT2D eigenvalue weighted by atomic mass is 10.1. The Labute approximate surface area is 151 Å². The molecule has 2 rings (SSSR count). The third-order valence-electron chi connectivity index (χ3n) is 4.24. The normalized spacial score (nSPS) is 12.9. The number of guanidine groups is 1. The molecule has 0 spiro atoms. The zero-order chi connectivity index (χ0) is 18.1. The molecule has 1 aromatic carbocycles. The van der Waals surface area contributed by atoms with Crippen LogP contribution in [0.5, 0.6) is 0 Å². The molecule has 2 N–H and O–H groups in total. The number of aryl methyl sites for hydroxylation is 2. The number of hydrogen-bond acceptors (Lipinski definition) is 2. The van der Waals surface area contributed by atoms with E-state index in [4.69, 9.17) is 0 Å². The van der Waals surface area contributed by atoms with E-state index in [1.807, 2.05) is 22.9 Å². The number of rotatable bonds is 8. The molecule has 0 saturated carbocycles. The van der Waals surface area contributed by atoms with Crippen LogP contribution >= 0.6 is 0 Å². The predicted molar refractivity (Wildman–Crippen MR) is 105 cm³/mol. The first-order valence-electron chi connectivity index (χ1n) is 9.29. The van der Waals surface area contributed by atoms with Gasteiger partial charge in [-0.25, -0.2) is 4.68 Å². The lowest BCUT2D eigenvalue weighted by Crippen LogP contribution is -2.42. The molecule has 0 amide bonds. The molecule has 0 bridgehead atoms. The van der Waals surface area contributed by atoms with E-state index in [1.165, 1.54) is 5.56 Å². The molecule has 1 atom stereocenters. The summed E-state index contributed by atoms with van der Waals surface area (Å²) in [5.74, 6) is 0.911. The second-order valence-electron chi connectivity index (χ2n) is 6.34. The van der Waals surface area contributed by atoms with E-state index >= 15 is 0 Å². The monoisotopic (exact) mass is 341 g/mol. The first-order chi connectivity index (χ1) is 12.1. The molecule has 1 heterocycles. The fraction of sp³-hybridized carbons (Fsp3) is 0.500. The van der Waals surface area contributed by atoms with Gasteiger partial charge in [-0.1, -0.05) is 25.1 Å². The summed E-state index contributed by atoms with van der Waals surface area (Å²) >= 11 is 0. The Morgan fingerprint density at radius 3 is 2.68 bits per heavy atom. The van der Waals surface area contributed by atoms with Gasteiger partial charge in [0.15, 0.2) is 5.96 Å². The van der Waals surface area contributed by atoms with Crippen molar-refractivity contribution < 1.29 is 0 Å². The van der Waals surface area contributed by atoms with Crippen molar-refractivity contribution in [1.82, 2.24) is 20.4 Å². The average molecular weight is 342 g/mol. The van der Waals surface area contributed by atoms with Gasteiger partial charge in [0.2, 0.25) is 0 Å². The molecule has 2 aromatic rings. The van der Waals surface area contributed by atoms with Crippen LogP contribution in [0.3, 0.4) is 0 Å². The minimum atomic E-state index is 0.434. The molecule has 0 saturated heterocycles. The summed E-state index contributed by atoms with van der Waals surface area (Å²) in [5, 5.41) is 11.4. The molecular weight excluding hydrogens is 310 g/mol. The maximum atomic E-state index is 4.68. The SMILES string of the molecule is CCNC(=NCCCc1cn(-c2ccccc2)nc1C)NC(C)CC. The number of hydrogen-bond donors (Lipinski definition) is 2. The van der Waals surface area contributed by atoms with Crippen molar-refractivity contribution in [2.24, 2.45) is 4.99 Å². The van der Waals surface area contributed by atoms with Crippen LogP contribution < -0.4 is 10.6 Å². The zero-order valence-corrected chi connectivity index (χ0v) is 15.9. The van der Waals surface area contributed by atoms with Crippen LogP contribution in [0.15, 0.2) is 41.5 Å². The summed E-state index contributed by atoms with van der Waals surface area (Å²) in [6.07, 6.45) is 5.22. The van der Waals surface area contributed by atoms with Crippen molar-refractivity contribution >= 4 is 5.96 Å². The minimum absolute atomic E-state index is 0.434. The van der Waals surface area contributed by atoms with Crippen molar-refractivity contribution in [3.63, 3.8) is 0 Å². The molecule has 0 radical (unpaired) electrons. The number of benzene rings is 1. The fourth-order valence-corrected chi connectivity index (χ4v) is 2.57. The van der Waals surface area contributed by atoms with Crippen LogP contribution in [0.25, 0.3) is 5.69 Å². The van der Waals surface area contributed by atoms with Crippen molar-refractivity contribution in [3.8, 4) is 5.69 Å². The Hall–Kier alpha value is -2.30. The van der Waals surface area contributed by atoms with E-state index in [0.29, 0.717) is 6.04 Å². The van der Waals surface area contributed by atoms with Crippen LogP contribution in [-0.2, 0) is 6.42 Å². The number of nitrogens with zero attached hydrogens (tertiary/aromatic N) is 3. The van der Waals surface area contributed by atoms with E-state index in [2.05, 4.69) is 66.7 Å². The second kappa shape index (κ2) is 9.87. The number of aromatic nitrogens is 2. The highest BCUT2D eigenvalue weighted by Gasteiger charge is 2.06. The molecule has 136 valence electrons. The van der Waals surface area contributed by atoms with Crippen LogP contribution in [-0.4, -0.2) is 34.9 Å². The molecule has 0 aliphatic heterocycles. The molecule has 5 heteroatoms. The van der Waals surface area contributed by atoms with Gasteiger partial charge in [0.25, 0.3) is 0 Å². The largest absolute Gasteiger partial charge is 0.357 e. The van der Waals surface area contributed by atoms with E-state index < -0.39 is 0 Å². The molecular formula is C20H31N5. The van der Waals surface area contributed by atoms with Gasteiger partial charge in [0, 0.05) is 25.3 Å². The molecule has 0 fully saturated rings. The van der Waals surface area contributed by atoms with E-state index in [-0.39, 0.29) is 0 Å². The molecule has 0 aliphatic carbocycles. The molecule has 5 nitrogen and oxygen atoms in total. The summed E-state index contributed by atoms with van der Waals surface area (Å²) in [6, 6.07) is 10.7. The number of nitrogens with one attached hydrogen (secondary N) is 2. The quantitative estimate of drug-likeness (QED) is 0.439. The molecule has 25 heavy (non-hydrogen) atoms. The van der Waals surface area contributed by atoms with E-state index in [1.54, 1.807) is 0 Å². The lowest BCUT2D eigenvalue weighted by Gasteiger charge is -2.16. The summed E-state index contributed by atoms with van der Waals surface area (Å²) in [7, 11) is 0. The molecule has 1 aromatic heterocycles. The van der Waals surface area contributed by atoms with E-state index in [9.17, 15) is 0 Å². The topological polar surface area (TPSA) is 54.2 Å². The highest BCUT2D eigenvalue weighted by atomic mass is 15.3. The Kier molecular flexibility index (Phi) is 7.51. The van der Waals surface area contributed by atoms with Crippen molar-refractivity contribution in [2.75, 3.05) is 13.1 Å². The maximum absolute atomic E-state index is 4.68. The fourth-order valence-electron chi connectivity index (χ4n) is 2.57. The van der Waals surface area contributed by atoms with Gasteiger partial charge in [0.05, 0.1) is 11.4 Å². The van der Waals surface area contributed by atoms with Crippen molar-refractivity contribution in [1.29, 1.82) is 0 Å². The number of para-hydroxylation sites is 1. The van der Waals surface area contributed by atoms with Crippen LogP contribution in [0.1, 0.15) is 44.9 Å². The Bertz CT molecular complexity index is 660. The third kappa shape index (κ3) is 5.93. The second-order valence-corrected chi connectivity index (χ2v) is 6.34. The summed E-state index contributed by atoms with van der Waals surface area (Å²) in [4.78, 5) is 4.68. The predicted octanol–water partition coefficient (Wildman–Crippen LogP) is 3.47. The van der Waals surface area contributed by atoms with Gasteiger partial charge < -0.3 is 10.6 Å². The van der Waals surface area contributed by atoms with Gasteiger partial charge >= 0.3 is 0 Å². The van der Waals surface area contributed by atoms with Crippen LogP contribution in [0.2, 0.25) is 0 Å². The minimum Gasteiger partial charge on any atom is -0.357 e. The summed E-state index contributed by atoms with van der Waals surface area (Å²) in [5.41, 5.74) is 3.48. The summed E-state index contributed by atoms with van der Waals surface area (Å²) < 4.78 is 1.96. The third-order valence-corrected chi connectivity index (χ3v) is 4.24. The maximum Gasteiger partial charge on any atom is 0.191 e. The highest BCUT2D eigenvalue weighted by Crippen LogP contribution is 2.13. The zero-order valence-electron chi connectivity index (χ0n) is 15.9. The molecule has 0 aliphatic rings. The smallest absolute Gasteiger partial charge is 0.191 e. The van der Waals surface area contributed by atoms with Gasteiger partial charge in [-0.05, 0) is 57.7 Å². The van der Waals surface area contributed by atoms with Crippen molar-refractivity contribution in [3.05, 3.63) is 47.8 Å². The van der Waals surface area contributed by atoms with Gasteiger partial charge in [-0.2, -0.15) is 5.10 Å². The van der Waals surface area contributed by atoms with Gasteiger partial charge in [-0.3, -0.25) is 4.99 Å². The Morgan fingerprint density at radius 2 is 2.00 bits per heavy atom. The summed E-state index contributed by atoms with van der Waals surface area (Å²) in [6.45, 7) is 10.2. The van der Waals surface area contributed by atoms with Crippen LogP contribution in [0, 0.1) is 6.92 Å². The standard InChI is InChI=1S/C20H31N5/c1-5-16(3)23-20(21-6-2)22-14-10-11-18-15-25(24-17(18)4)19-12-8-7-9-13-19/h7-9,12-13,15-16H,5-6,10-11,14H2,1-4H3,(H2,21,22,23). The lowest BCUT2D eigenvalue weighted by molar-refractivity contribution is 0.623. The highest BCUT2D eigenvalue weighted by molar-refractivity contribution is 5.80. The Balaban J connectivity index is 1.90. The molecule has 1 unspecified atom stereocenters. The first-order valence-corrected chi connectivity index (χ1v) is 9.29. The number of aliphatic imine (C=N–C) groups is 1. The van der Waals surface area contributed by atoms with E-state index in [0.717, 1.165) is 49.7 Å².